The maximum Gasteiger partial charge on any atom is 0.254 e. The molecule has 1 aliphatic heterocycles. The summed E-state index contributed by atoms with van der Waals surface area (Å²) in [6.07, 6.45) is 3.94. The van der Waals surface area contributed by atoms with Gasteiger partial charge in [0.1, 0.15) is 0 Å². The molecule has 2 amide bonds. The van der Waals surface area contributed by atoms with E-state index in [1.54, 1.807) is 11.7 Å². The Kier molecular flexibility index (Phi) is 4.76. The minimum Gasteiger partial charge on any atom is -0.355 e. The number of pyridine rings is 1. The number of fused-ring (bicyclic) bond motifs is 1. The van der Waals surface area contributed by atoms with Crippen molar-refractivity contribution in [2.24, 2.45) is 7.05 Å². The van der Waals surface area contributed by atoms with Crippen LogP contribution in [0.2, 0.25) is 0 Å². The molecule has 1 atom stereocenters. The Morgan fingerprint density at radius 3 is 2.61 bits per heavy atom. The van der Waals surface area contributed by atoms with E-state index in [1.165, 1.54) is 0 Å². The van der Waals surface area contributed by atoms with Crippen molar-refractivity contribution in [3.05, 3.63) is 58.4 Å². The minimum absolute atomic E-state index is 0.0171. The largest absolute Gasteiger partial charge is 0.355 e. The van der Waals surface area contributed by atoms with Crippen LogP contribution < -0.4 is 5.32 Å². The number of nitrogens with one attached hydrogen (secondary N) is 1. The fourth-order valence-electron chi connectivity index (χ4n) is 4.69. The third-order valence-electron chi connectivity index (χ3n) is 6.51. The van der Waals surface area contributed by atoms with Gasteiger partial charge in [-0.05, 0) is 50.3 Å². The van der Waals surface area contributed by atoms with Crippen LogP contribution in [0, 0.1) is 6.92 Å². The molecule has 1 saturated carbocycles. The van der Waals surface area contributed by atoms with Gasteiger partial charge in [-0.1, -0.05) is 18.2 Å². The lowest BCUT2D eigenvalue weighted by molar-refractivity contribution is 0.0732. The number of aryl methyl sites for hydroxylation is 2. The molecule has 5 rings (SSSR count). The van der Waals surface area contributed by atoms with Crippen LogP contribution in [0.25, 0.3) is 11.0 Å². The number of likely N-dealkylation sites (tertiary alicyclic amines) is 1. The summed E-state index contributed by atoms with van der Waals surface area (Å²) in [7, 11) is 3.51. The van der Waals surface area contributed by atoms with Gasteiger partial charge in [-0.3, -0.25) is 14.3 Å². The van der Waals surface area contributed by atoms with E-state index in [0.29, 0.717) is 23.7 Å². The molecule has 2 fully saturated rings. The standard InChI is InChI=1S/C24H27N5O2/c1-14-7-4-5-8-16(14)24(31)29-12-6-9-19(29)21-20-17(23(30)25-2)13-18(15-10-11-15)26-22(20)28(3)27-21/h4-5,7-8,13,15,19H,6,9-12H2,1-3H3,(H,25,30). The van der Waals surface area contributed by atoms with E-state index in [1.807, 2.05) is 49.2 Å². The summed E-state index contributed by atoms with van der Waals surface area (Å²) < 4.78 is 1.76. The number of carbonyl (C=O) groups is 2. The van der Waals surface area contributed by atoms with E-state index >= 15 is 0 Å². The molecule has 1 aromatic carbocycles. The lowest BCUT2D eigenvalue weighted by Gasteiger charge is -2.24. The highest BCUT2D eigenvalue weighted by atomic mass is 16.2. The van der Waals surface area contributed by atoms with Crippen LogP contribution in [0.4, 0.5) is 0 Å². The van der Waals surface area contributed by atoms with E-state index in [0.717, 1.165) is 53.6 Å². The molecule has 3 heterocycles. The monoisotopic (exact) mass is 417 g/mol. The molecular weight excluding hydrogens is 390 g/mol. The van der Waals surface area contributed by atoms with Crippen molar-refractivity contribution in [3.8, 4) is 0 Å². The predicted octanol–water partition coefficient (Wildman–Crippen LogP) is 3.49. The van der Waals surface area contributed by atoms with Crippen molar-refractivity contribution in [2.45, 2.75) is 44.6 Å². The van der Waals surface area contributed by atoms with E-state index in [-0.39, 0.29) is 17.9 Å². The van der Waals surface area contributed by atoms with Crippen LogP contribution in [0.5, 0.6) is 0 Å². The molecule has 160 valence electrons. The van der Waals surface area contributed by atoms with Gasteiger partial charge in [0.05, 0.1) is 22.7 Å². The SMILES string of the molecule is CNC(=O)c1cc(C2CC2)nc2c1c(C1CCCN1C(=O)c1ccccc1C)nn2C. The smallest absolute Gasteiger partial charge is 0.254 e. The van der Waals surface area contributed by atoms with Crippen molar-refractivity contribution in [2.75, 3.05) is 13.6 Å². The van der Waals surface area contributed by atoms with Gasteiger partial charge in [-0.2, -0.15) is 5.10 Å². The summed E-state index contributed by atoms with van der Waals surface area (Å²) >= 11 is 0. The van der Waals surface area contributed by atoms with Gasteiger partial charge in [0.25, 0.3) is 11.8 Å². The fraction of sp³-hybridized carbons (Fsp3) is 0.417. The molecule has 1 unspecified atom stereocenters. The second-order valence-corrected chi connectivity index (χ2v) is 8.63. The molecule has 7 nitrogen and oxygen atoms in total. The maximum absolute atomic E-state index is 13.4. The number of benzene rings is 1. The first-order valence-corrected chi connectivity index (χ1v) is 11.0. The Hall–Kier alpha value is -3.22. The Morgan fingerprint density at radius 1 is 1.13 bits per heavy atom. The fourth-order valence-corrected chi connectivity index (χ4v) is 4.69. The van der Waals surface area contributed by atoms with Crippen LogP contribution in [0.3, 0.4) is 0 Å². The first-order valence-electron chi connectivity index (χ1n) is 11.0. The van der Waals surface area contributed by atoms with Crippen LogP contribution >= 0.6 is 0 Å². The lowest BCUT2D eigenvalue weighted by atomic mass is 10.0. The zero-order chi connectivity index (χ0) is 21.7. The minimum atomic E-state index is -0.173. The molecule has 3 aromatic rings. The molecule has 0 spiro atoms. The molecule has 1 N–H and O–H groups in total. The molecule has 1 aliphatic carbocycles. The van der Waals surface area contributed by atoms with Crippen molar-refractivity contribution in [1.29, 1.82) is 0 Å². The molecule has 31 heavy (non-hydrogen) atoms. The number of rotatable bonds is 4. The van der Waals surface area contributed by atoms with Crippen LogP contribution in [0.1, 0.15) is 75.3 Å². The average molecular weight is 418 g/mol. The first-order chi connectivity index (χ1) is 15.0. The van der Waals surface area contributed by atoms with Crippen molar-refractivity contribution >= 4 is 22.8 Å². The number of hydrogen-bond donors (Lipinski definition) is 1. The molecule has 0 radical (unpaired) electrons. The van der Waals surface area contributed by atoms with Crippen LogP contribution in [-0.4, -0.2) is 45.1 Å². The normalized spacial score (nSPS) is 18.5. The number of nitrogens with zero attached hydrogens (tertiary/aromatic N) is 4. The highest BCUT2D eigenvalue weighted by Crippen LogP contribution is 2.42. The average Bonchev–Trinajstić information content (AvgIpc) is 3.43. The summed E-state index contributed by atoms with van der Waals surface area (Å²) in [5.74, 6) is 0.304. The number of carbonyl (C=O) groups excluding carboxylic acids is 2. The maximum atomic E-state index is 13.4. The van der Waals surface area contributed by atoms with Gasteiger partial charge < -0.3 is 10.2 Å². The predicted molar refractivity (Wildman–Crippen MR) is 118 cm³/mol. The zero-order valence-electron chi connectivity index (χ0n) is 18.2. The Bertz CT molecular complexity index is 1190. The summed E-state index contributed by atoms with van der Waals surface area (Å²) in [5.41, 5.74) is 4.73. The summed E-state index contributed by atoms with van der Waals surface area (Å²) in [4.78, 5) is 33.0. The van der Waals surface area contributed by atoms with Crippen molar-refractivity contribution in [1.82, 2.24) is 25.0 Å². The number of aromatic nitrogens is 3. The number of hydrogen-bond acceptors (Lipinski definition) is 4. The van der Waals surface area contributed by atoms with E-state index in [2.05, 4.69) is 5.32 Å². The molecule has 2 aromatic heterocycles. The van der Waals surface area contributed by atoms with Gasteiger partial charge in [-0.15, -0.1) is 0 Å². The zero-order valence-corrected chi connectivity index (χ0v) is 18.2. The lowest BCUT2D eigenvalue weighted by Crippen LogP contribution is -2.31. The summed E-state index contributed by atoms with van der Waals surface area (Å²) in [6, 6.07) is 9.43. The van der Waals surface area contributed by atoms with Gasteiger partial charge in [0.15, 0.2) is 5.65 Å². The van der Waals surface area contributed by atoms with E-state index < -0.39 is 0 Å². The molecule has 7 heteroatoms. The molecule has 2 aliphatic rings. The van der Waals surface area contributed by atoms with Gasteiger partial charge in [0.2, 0.25) is 0 Å². The van der Waals surface area contributed by atoms with Crippen molar-refractivity contribution < 1.29 is 9.59 Å². The third-order valence-corrected chi connectivity index (χ3v) is 6.51. The second-order valence-electron chi connectivity index (χ2n) is 8.63. The van der Waals surface area contributed by atoms with Crippen LogP contribution in [-0.2, 0) is 7.05 Å². The highest BCUT2D eigenvalue weighted by molar-refractivity contribution is 6.07. The van der Waals surface area contributed by atoms with Crippen molar-refractivity contribution in [3.63, 3.8) is 0 Å². The Morgan fingerprint density at radius 2 is 1.90 bits per heavy atom. The third kappa shape index (κ3) is 3.28. The van der Waals surface area contributed by atoms with Gasteiger partial charge in [-0.25, -0.2) is 4.98 Å². The quantitative estimate of drug-likeness (QED) is 0.705. The topological polar surface area (TPSA) is 80.1 Å². The molecule has 1 saturated heterocycles. The second kappa shape index (κ2) is 7.48. The Labute approximate surface area is 181 Å². The summed E-state index contributed by atoms with van der Waals surface area (Å²) in [5, 5.41) is 8.33. The van der Waals surface area contributed by atoms with Gasteiger partial charge in [0, 0.05) is 37.8 Å². The first kappa shape index (κ1) is 19.7. The molecule has 0 bridgehead atoms. The van der Waals surface area contributed by atoms with E-state index in [9.17, 15) is 9.59 Å². The number of amides is 2. The molecular formula is C24H27N5O2. The summed E-state index contributed by atoms with van der Waals surface area (Å²) in [6.45, 7) is 2.64. The van der Waals surface area contributed by atoms with Crippen LogP contribution in [0.15, 0.2) is 30.3 Å². The van der Waals surface area contributed by atoms with E-state index in [4.69, 9.17) is 10.1 Å². The van der Waals surface area contributed by atoms with Gasteiger partial charge >= 0.3 is 0 Å². The Balaban J connectivity index is 1.63. The highest BCUT2D eigenvalue weighted by Gasteiger charge is 2.36.